The van der Waals surface area contributed by atoms with Crippen LogP contribution in [0.4, 0.5) is 0 Å². The number of hydrogen-bond donors (Lipinski definition) is 2. The third-order valence-electron chi connectivity index (χ3n) is 2.48. The zero-order valence-electron chi connectivity index (χ0n) is 9.39. The van der Waals surface area contributed by atoms with Crippen molar-refractivity contribution in [3.63, 3.8) is 0 Å². The summed E-state index contributed by atoms with van der Waals surface area (Å²) in [5.74, 6) is 0.593. The molecule has 0 atom stereocenters. The minimum Gasteiger partial charge on any atom is -0.352 e. The molecule has 2 aromatic rings. The summed E-state index contributed by atoms with van der Waals surface area (Å²) in [7, 11) is 0. The van der Waals surface area contributed by atoms with Gasteiger partial charge in [-0.1, -0.05) is 18.2 Å². The van der Waals surface area contributed by atoms with Gasteiger partial charge in [0.2, 0.25) is 5.91 Å². The van der Waals surface area contributed by atoms with Crippen LogP contribution in [-0.4, -0.2) is 16.6 Å². The first-order chi connectivity index (χ1) is 8.29. The smallest absolute Gasteiger partial charge is 0.221 e. The fraction of sp³-hybridized carbons (Fsp3) is 0.231. The average Bonchev–Trinajstić information content (AvgIpc) is 2.36. The van der Waals surface area contributed by atoms with Crippen LogP contribution < -0.4 is 5.32 Å². The molecule has 4 heteroatoms. The van der Waals surface area contributed by atoms with Crippen LogP contribution in [0.5, 0.6) is 0 Å². The van der Waals surface area contributed by atoms with Gasteiger partial charge in [0.1, 0.15) is 0 Å². The lowest BCUT2D eigenvalue weighted by atomic mass is 10.1. The number of hydrogen-bond acceptors (Lipinski definition) is 3. The number of nitrogens with one attached hydrogen (secondary N) is 1. The molecule has 0 aliphatic carbocycles. The number of aromatic nitrogens is 1. The van der Waals surface area contributed by atoms with Gasteiger partial charge in [0.25, 0.3) is 0 Å². The molecule has 17 heavy (non-hydrogen) atoms. The van der Waals surface area contributed by atoms with E-state index in [1.54, 1.807) is 6.20 Å². The molecular formula is C13H14N2OS. The molecule has 1 amide bonds. The van der Waals surface area contributed by atoms with E-state index in [1.807, 2.05) is 30.3 Å². The first-order valence-corrected chi connectivity index (χ1v) is 6.14. The number of amides is 1. The molecule has 0 bridgehead atoms. The summed E-state index contributed by atoms with van der Waals surface area (Å²) in [6.45, 7) is 0.518. The van der Waals surface area contributed by atoms with E-state index in [2.05, 4.69) is 22.9 Å². The van der Waals surface area contributed by atoms with Crippen LogP contribution in [0.1, 0.15) is 12.0 Å². The molecule has 0 unspecified atom stereocenters. The van der Waals surface area contributed by atoms with Gasteiger partial charge in [-0.25, -0.2) is 0 Å². The van der Waals surface area contributed by atoms with Crippen LogP contribution in [0.2, 0.25) is 0 Å². The van der Waals surface area contributed by atoms with E-state index < -0.39 is 0 Å². The number of rotatable bonds is 4. The quantitative estimate of drug-likeness (QED) is 0.812. The SMILES string of the molecule is O=C(CCS)NCc1cnc2ccccc2c1. The number of thiol groups is 1. The van der Waals surface area contributed by atoms with Crippen LogP contribution in [-0.2, 0) is 11.3 Å². The number of fused-ring (bicyclic) bond motifs is 1. The summed E-state index contributed by atoms with van der Waals surface area (Å²) in [5, 5.41) is 3.93. The second-order valence-corrected chi connectivity index (χ2v) is 4.23. The summed E-state index contributed by atoms with van der Waals surface area (Å²) < 4.78 is 0. The monoisotopic (exact) mass is 246 g/mol. The van der Waals surface area contributed by atoms with Gasteiger partial charge in [-0.3, -0.25) is 9.78 Å². The fourth-order valence-corrected chi connectivity index (χ4v) is 1.81. The predicted molar refractivity (Wildman–Crippen MR) is 72.1 cm³/mol. The molecule has 0 aliphatic heterocycles. The molecule has 0 saturated carbocycles. The molecule has 1 heterocycles. The second kappa shape index (κ2) is 5.68. The van der Waals surface area contributed by atoms with E-state index >= 15 is 0 Å². The van der Waals surface area contributed by atoms with Crippen LogP contribution in [0.25, 0.3) is 10.9 Å². The van der Waals surface area contributed by atoms with Gasteiger partial charge in [-0.2, -0.15) is 12.6 Å². The van der Waals surface area contributed by atoms with Crippen LogP contribution in [0.15, 0.2) is 36.5 Å². The number of nitrogens with zero attached hydrogens (tertiary/aromatic N) is 1. The summed E-state index contributed by atoms with van der Waals surface area (Å²) in [6.07, 6.45) is 2.24. The Bertz CT molecular complexity index is 528. The zero-order chi connectivity index (χ0) is 12.1. The highest BCUT2D eigenvalue weighted by atomic mass is 32.1. The van der Waals surface area contributed by atoms with Gasteiger partial charge in [-0.05, 0) is 23.4 Å². The van der Waals surface area contributed by atoms with Crippen molar-refractivity contribution in [2.75, 3.05) is 5.75 Å². The van der Waals surface area contributed by atoms with Crippen molar-refractivity contribution < 1.29 is 4.79 Å². The highest BCUT2D eigenvalue weighted by molar-refractivity contribution is 7.80. The Hall–Kier alpha value is -1.55. The molecule has 0 spiro atoms. The molecule has 0 fully saturated rings. The summed E-state index contributed by atoms with van der Waals surface area (Å²) >= 11 is 4.02. The van der Waals surface area contributed by atoms with Crippen molar-refractivity contribution in [2.45, 2.75) is 13.0 Å². The first kappa shape index (κ1) is 11.9. The Morgan fingerprint density at radius 3 is 3.00 bits per heavy atom. The summed E-state index contributed by atoms with van der Waals surface area (Å²) in [5.41, 5.74) is 1.98. The van der Waals surface area contributed by atoms with E-state index in [1.165, 1.54) is 0 Å². The Balaban J connectivity index is 2.06. The summed E-state index contributed by atoms with van der Waals surface area (Å²) in [6, 6.07) is 9.97. The van der Waals surface area contributed by atoms with Crippen molar-refractivity contribution in [2.24, 2.45) is 0 Å². The van der Waals surface area contributed by atoms with E-state index in [0.717, 1.165) is 16.5 Å². The minimum atomic E-state index is 0.0214. The molecule has 88 valence electrons. The second-order valence-electron chi connectivity index (χ2n) is 3.79. The average molecular weight is 246 g/mol. The Kier molecular flexibility index (Phi) is 3.98. The fourth-order valence-electron chi connectivity index (χ4n) is 1.60. The van der Waals surface area contributed by atoms with Crippen molar-refractivity contribution in [1.82, 2.24) is 10.3 Å². The van der Waals surface area contributed by atoms with Crippen molar-refractivity contribution in [3.8, 4) is 0 Å². The van der Waals surface area contributed by atoms with Crippen molar-refractivity contribution in [3.05, 3.63) is 42.1 Å². The van der Waals surface area contributed by atoms with E-state index in [4.69, 9.17) is 0 Å². The normalized spacial score (nSPS) is 10.4. The molecular weight excluding hydrogens is 232 g/mol. The number of carbonyl (C=O) groups is 1. The predicted octanol–water partition coefficient (Wildman–Crippen LogP) is 2.17. The zero-order valence-corrected chi connectivity index (χ0v) is 10.3. The third kappa shape index (κ3) is 3.20. The molecule has 1 aromatic heterocycles. The number of benzene rings is 1. The van der Waals surface area contributed by atoms with Crippen LogP contribution in [0.3, 0.4) is 0 Å². The molecule has 1 aromatic carbocycles. The van der Waals surface area contributed by atoms with Gasteiger partial charge in [0.05, 0.1) is 5.52 Å². The van der Waals surface area contributed by atoms with E-state index in [0.29, 0.717) is 18.7 Å². The van der Waals surface area contributed by atoms with Crippen molar-refractivity contribution >= 4 is 29.4 Å². The molecule has 1 N–H and O–H groups in total. The number of carbonyl (C=O) groups excluding carboxylic acids is 1. The molecule has 0 saturated heterocycles. The highest BCUT2D eigenvalue weighted by Gasteiger charge is 2.01. The standard InChI is InChI=1S/C13H14N2OS/c16-13(5-6-17)15-9-10-7-11-3-1-2-4-12(11)14-8-10/h1-4,7-8,17H,5-6,9H2,(H,15,16). The lowest BCUT2D eigenvalue weighted by Crippen LogP contribution is -2.22. The van der Waals surface area contributed by atoms with Gasteiger partial charge < -0.3 is 5.32 Å². The van der Waals surface area contributed by atoms with Gasteiger partial charge in [-0.15, -0.1) is 0 Å². The van der Waals surface area contributed by atoms with E-state index in [-0.39, 0.29) is 5.91 Å². The maximum Gasteiger partial charge on any atom is 0.221 e. The Morgan fingerprint density at radius 1 is 1.35 bits per heavy atom. The highest BCUT2D eigenvalue weighted by Crippen LogP contribution is 2.12. The summed E-state index contributed by atoms with van der Waals surface area (Å²) in [4.78, 5) is 15.6. The molecule has 0 radical (unpaired) electrons. The van der Waals surface area contributed by atoms with Crippen LogP contribution >= 0.6 is 12.6 Å². The maximum atomic E-state index is 11.3. The third-order valence-corrected chi connectivity index (χ3v) is 2.70. The topological polar surface area (TPSA) is 42.0 Å². The minimum absolute atomic E-state index is 0.0214. The van der Waals surface area contributed by atoms with Gasteiger partial charge in [0.15, 0.2) is 0 Å². The van der Waals surface area contributed by atoms with Gasteiger partial charge in [0, 0.05) is 24.5 Å². The van der Waals surface area contributed by atoms with Crippen molar-refractivity contribution in [1.29, 1.82) is 0 Å². The Labute approximate surface area is 106 Å². The number of pyridine rings is 1. The maximum absolute atomic E-state index is 11.3. The number of para-hydroxylation sites is 1. The molecule has 2 rings (SSSR count). The van der Waals surface area contributed by atoms with Gasteiger partial charge >= 0.3 is 0 Å². The lowest BCUT2D eigenvalue weighted by Gasteiger charge is -2.05. The Morgan fingerprint density at radius 2 is 2.18 bits per heavy atom. The molecule has 3 nitrogen and oxygen atoms in total. The van der Waals surface area contributed by atoms with Crippen LogP contribution in [0, 0.1) is 0 Å². The lowest BCUT2D eigenvalue weighted by molar-refractivity contribution is -0.120. The first-order valence-electron chi connectivity index (χ1n) is 5.51. The van der Waals surface area contributed by atoms with E-state index in [9.17, 15) is 4.79 Å². The largest absolute Gasteiger partial charge is 0.352 e. The molecule has 0 aliphatic rings.